The average molecular weight is 265 g/mol. The molecule has 0 radical (unpaired) electrons. The number of aromatic nitrogens is 5. The van der Waals surface area contributed by atoms with E-state index in [-0.39, 0.29) is 5.69 Å². The van der Waals surface area contributed by atoms with Crippen LogP contribution < -0.4 is 5.69 Å². The maximum atomic E-state index is 11.6. The maximum Gasteiger partial charge on any atom is 0.326 e. The van der Waals surface area contributed by atoms with Crippen LogP contribution in [0.4, 0.5) is 0 Å². The van der Waals surface area contributed by atoms with Crippen LogP contribution in [-0.4, -0.2) is 24.5 Å². The van der Waals surface area contributed by atoms with Crippen molar-refractivity contribution in [2.75, 3.05) is 0 Å². The van der Waals surface area contributed by atoms with Crippen LogP contribution in [0.1, 0.15) is 0 Å². The lowest BCUT2D eigenvalue weighted by molar-refractivity contribution is 0.892. The van der Waals surface area contributed by atoms with Gasteiger partial charge in [0.05, 0.1) is 22.1 Å². The Balaban J connectivity index is 2.00. The number of H-pyrrole nitrogens is 2. The quantitative estimate of drug-likeness (QED) is 0.551. The molecule has 0 bridgehead atoms. The molecule has 0 saturated carbocycles. The topological polar surface area (TPSA) is 79.4 Å². The third kappa shape index (κ3) is 1.48. The van der Waals surface area contributed by atoms with E-state index in [0.29, 0.717) is 0 Å². The molecule has 0 unspecified atom stereocenters. The molecule has 0 amide bonds. The number of hydrogen-bond donors (Lipinski definition) is 2. The molecule has 0 aliphatic rings. The Bertz CT molecular complexity index is 977. The van der Waals surface area contributed by atoms with Gasteiger partial charge in [0.1, 0.15) is 5.82 Å². The van der Waals surface area contributed by atoms with Crippen LogP contribution in [0.5, 0.6) is 0 Å². The second kappa shape index (κ2) is 3.80. The van der Waals surface area contributed by atoms with Gasteiger partial charge < -0.3 is 9.97 Å². The minimum atomic E-state index is -0.123. The number of rotatable bonds is 1. The second-order valence-electron chi connectivity index (χ2n) is 4.70. The lowest BCUT2D eigenvalue weighted by atomic mass is 10.2. The Hall–Kier alpha value is -2.89. The zero-order chi connectivity index (χ0) is 13.7. The summed E-state index contributed by atoms with van der Waals surface area (Å²) in [6.07, 6.45) is 3.47. The van der Waals surface area contributed by atoms with E-state index >= 15 is 0 Å². The molecule has 98 valence electrons. The summed E-state index contributed by atoms with van der Waals surface area (Å²) in [6.45, 7) is 0. The molecule has 2 N–H and O–H groups in total. The number of fused-ring (bicyclic) bond motifs is 2. The normalized spacial score (nSPS) is 11.4. The van der Waals surface area contributed by atoms with Crippen LogP contribution in [-0.2, 0) is 7.05 Å². The third-order valence-electron chi connectivity index (χ3n) is 3.46. The van der Waals surface area contributed by atoms with E-state index in [1.54, 1.807) is 24.0 Å². The zero-order valence-electron chi connectivity index (χ0n) is 10.7. The monoisotopic (exact) mass is 265 g/mol. The van der Waals surface area contributed by atoms with Crippen LogP contribution in [0.2, 0.25) is 0 Å². The standard InChI is InChI=1S/C14H11N5O/c1-19-12-7-10-9(6-11(12)18-14(19)20)16-13(17-10)8-2-4-15-5-3-8/h2-7H,1H3,(H,16,17)(H,18,20). The molecule has 0 atom stereocenters. The number of nitrogens with zero attached hydrogens (tertiary/aromatic N) is 3. The van der Waals surface area contributed by atoms with Gasteiger partial charge in [-0.25, -0.2) is 9.78 Å². The molecule has 20 heavy (non-hydrogen) atoms. The first-order valence-electron chi connectivity index (χ1n) is 6.21. The number of aryl methyl sites for hydroxylation is 1. The molecule has 1 aromatic carbocycles. The van der Waals surface area contributed by atoms with Crippen LogP contribution in [0.3, 0.4) is 0 Å². The molecule has 6 nitrogen and oxygen atoms in total. The number of nitrogens with one attached hydrogen (secondary N) is 2. The maximum absolute atomic E-state index is 11.6. The molecule has 0 aliphatic carbocycles. The zero-order valence-corrected chi connectivity index (χ0v) is 10.7. The second-order valence-corrected chi connectivity index (χ2v) is 4.70. The number of aromatic amines is 2. The largest absolute Gasteiger partial charge is 0.338 e. The summed E-state index contributed by atoms with van der Waals surface area (Å²) < 4.78 is 1.58. The first-order chi connectivity index (χ1) is 9.72. The Morgan fingerprint density at radius 3 is 2.70 bits per heavy atom. The summed E-state index contributed by atoms with van der Waals surface area (Å²) in [5, 5.41) is 0. The van der Waals surface area contributed by atoms with Crippen LogP contribution in [0, 0.1) is 0 Å². The van der Waals surface area contributed by atoms with Crippen molar-refractivity contribution in [1.29, 1.82) is 0 Å². The van der Waals surface area contributed by atoms with Gasteiger partial charge in [-0.3, -0.25) is 9.55 Å². The van der Waals surface area contributed by atoms with Crippen molar-refractivity contribution in [2.24, 2.45) is 7.05 Å². The summed E-state index contributed by atoms with van der Waals surface area (Å²) >= 11 is 0. The van der Waals surface area contributed by atoms with E-state index in [0.717, 1.165) is 33.5 Å². The molecular formula is C14H11N5O. The van der Waals surface area contributed by atoms with E-state index in [1.807, 2.05) is 24.3 Å². The number of pyridine rings is 1. The van der Waals surface area contributed by atoms with E-state index in [2.05, 4.69) is 19.9 Å². The summed E-state index contributed by atoms with van der Waals surface area (Å²) in [5.74, 6) is 0.792. The van der Waals surface area contributed by atoms with Crippen molar-refractivity contribution in [2.45, 2.75) is 0 Å². The van der Waals surface area contributed by atoms with Gasteiger partial charge in [-0.2, -0.15) is 0 Å². The van der Waals surface area contributed by atoms with Crippen molar-refractivity contribution < 1.29 is 0 Å². The van der Waals surface area contributed by atoms with Gasteiger partial charge in [-0.15, -0.1) is 0 Å². The fourth-order valence-corrected chi connectivity index (χ4v) is 2.38. The van der Waals surface area contributed by atoms with Crippen molar-refractivity contribution >= 4 is 22.1 Å². The Morgan fingerprint density at radius 2 is 1.90 bits per heavy atom. The Morgan fingerprint density at radius 1 is 1.10 bits per heavy atom. The van der Waals surface area contributed by atoms with Crippen LogP contribution >= 0.6 is 0 Å². The van der Waals surface area contributed by atoms with E-state index in [4.69, 9.17) is 0 Å². The highest BCUT2D eigenvalue weighted by Crippen LogP contribution is 2.23. The third-order valence-corrected chi connectivity index (χ3v) is 3.46. The number of benzene rings is 1. The summed E-state index contributed by atoms with van der Waals surface area (Å²) in [6, 6.07) is 7.62. The SMILES string of the molecule is Cn1c(=O)[nH]c2cc3[nH]c(-c4ccncc4)nc3cc21. The molecule has 6 heteroatoms. The summed E-state index contributed by atoms with van der Waals surface area (Å²) in [5.41, 5.74) is 4.23. The van der Waals surface area contributed by atoms with Crippen LogP contribution in [0.15, 0.2) is 41.5 Å². The van der Waals surface area contributed by atoms with E-state index in [9.17, 15) is 4.79 Å². The smallest absolute Gasteiger partial charge is 0.326 e. The highest BCUT2D eigenvalue weighted by atomic mass is 16.1. The van der Waals surface area contributed by atoms with Crippen LogP contribution in [0.25, 0.3) is 33.5 Å². The number of imidazole rings is 2. The summed E-state index contributed by atoms with van der Waals surface area (Å²) in [7, 11) is 1.74. The van der Waals surface area contributed by atoms with E-state index < -0.39 is 0 Å². The number of hydrogen-bond acceptors (Lipinski definition) is 3. The predicted octanol–water partition coefficient (Wildman–Crippen LogP) is 1.80. The van der Waals surface area contributed by atoms with Gasteiger partial charge in [0.15, 0.2) is 0 Å². The molecular weight excluding hydrogens is 254 g/mol. The molecule has 0 aliphatic heterocycles. The van der Waals surface area contributed by atoms with Gasteiger partial charge in [-0.1, -0.05) is 0 Å². The Kier molecular flexibility index (Phi) is 2.09. The molecule has 0 spiro atoms. The average Bonchev–Trinajstić information content (AvgIpc) is 3.00. The van der Waals surface area contributed by atoms with Crippen molar-refractivity contribution in [1.82, 2.24) is 24.5 Å². The molecule has 4 rings (SSSR count). The molecule has 3 heterocycles. The fourth-order valence-electron chi connectivity index (χ4n) is 2.38. The van der Waals surface area contributed by atoms with Crippen molar-refractivity contribution in [3.63, 3.8) is 0 Å². The minimum absolute atomic E-state index is 0.123. The Labute approximate surface area is 113 Å². The predicted molar refractivity (Wildman–Crippen MR) is 76.4 cm³/mol. The lowest BCUT2D eigenvalue weighted by Crippen LogP contribution is -2.11. The fraction of sp³-hybridized carbons (Fsp3) is 0.0714. The van der Waals surface area contributed by atoms with Gasteiger partial charge in [-0.05, 0) is 24.3 Å². The first-order valence-corrected chi connectivity index (χ1v) is 6.21. The van der Waals surface area contributed by atoms with E-state index in [1.165, 1.54) is 0 Å². The molecule has 0 saturated heterocycles. The molecule has 3 aromatic heterocycles. The van der Waals surface area contributed by atoms with Gasteiger partial charge in [0.2, 0.25) is 0 Å². The molecule has 4 aromatic rings. The first kappa shape index (κ1) is 11.0. The summed E-state index contributed by atoms with van der Waals surface area (Å²) in [4.78, 5) is 26.2. The minimum Gasteiger partial charge on any atom is -0.338 e. The van der Waals surface area contributed by atoms with Gasteiger partial charge >= 0.3 is 5.69 Å². The van der Waals surface area contributed by atoms with Crippen molar-refractivity contribution in [3.05, 3.63) is 47.1 Å². The lowest BCUT2D eigenvalue weighted by Gasteiger charge is -1.92. The molecule has 0 fully saturated rings. The van der Waals surface area contributed by atoms with Crippen molar-refractivity contribution in [3.8, 4) is 11.4 Å². The highest BCUT2D eigenvalue weighted by Gasteiger charge is 2.09. The van der Waals surface area contributed by atoms with Gasteiger partial charge in [0, 0.05) is 25.0 Å². The highest BCUT2D eigenvalue weighted by molar-refractivity contribution is 5.92. The van der Waals surface area contributed by atoms with Gasteiger partial charge in [0.25, 0.3) is 0 Å².